The van der Waals surface area contributed by atoms with E-state index < -0.39 is 53.6 Å². The van der Waals surface area contributed by atoms with Gasteiger partial charge in [-0.25, -0.2) is 4.39 Å². The number of anilines is 1. The standard InChI is InChI=1S/C33H35FN2O6/c1-21(2)33(31(41)35-25-11-7-4-8-12-25)29(22-9-5-3-6-10-22)30(23-13-15-24(34)16-14-23)36(32(33)42)18-17-26(37)19-27(38)20-28(39)40/h3-16,21,26-27,37-38H,17-20H2,1-2H3,(H,35,41)(H,39,40)/t26-,27-,33?/m1/s1. The van der Waals surface area contributed by atoms with Gasteiger partial charge in [0.25, 0.3) is 0 Å². The lowest BCUT2D eigenvalue weighted by atomic mass is 9.68. The molecule has 0 aliphatic carbocycles. The summed E-state index contributed by atoms with van der Waals surface area (Å²) in [5.41, 5.74) is 0.868. The molecular formula is C33H35FN2O6. The van der Waals surface area contributed by atoms with E-state index in [0.717, 1.165) is 0 Å². The Morgan fingerprint density at radius 2 is 1.48 bits per heavy atom. The molecule has 0 aromatic heterocycles. The second-order valence-corrected chi connectivity index (χ2v) is 10.8. The van der Waals surface area contributed by atoms with Crippen LogP contribution in [0.2, 0.25) is 0 Å². The molecule has 1 aliphatic heterocycles. The van der Waals surface area contributed by atoms with Crippen molar-refractivity contribution in [2.75, 3.05) is 11.9 Å². The van der Waals surface area contributed by atoms with E-state index in [1.54, 1.807) is 50.2 Å². The third-order valence-corrected chi connectivity index (χ3v) is 7.56. The molecule has 3 atom stereocenters. The lowest BCUT2D eigenvalue weighted by Gasteiger charge is -2.34. The van der Waals surface area contributed by atoms with Gasteiger partial charge in [0.2, 0.25) is 11.8 Å². The molecule has 2 amide bonds. The number of halogens is 1. The Kier molecular flexibility index (Phi) is 9.55. The van der Waals surface area contributed by atoms with Gasteiger partial charge in [0.15, 0.2) is 5.41 Å². The lowest BCUT2D eigenvalue weighted by Crippen LogP contribution is -2.49. The van der Waals surface area contributed by atoms with Gasteiger partial charge in [-0.3, -0.25) is 14.4 Å². The maximum atomic E-state index is 14.7. The van der Waals surface area contributed by atoms with Crippen LogP contribution < -0.4 is 5.32 Å². The Hall–Kier alpha value is -4.34. The maximum Gasteiger partial charge on any atom is 0.305 e. The van der Waals surface area contributed by atoms with E-state index in [0.29, 0.717) is 28.1 Å². The van der Waals surface area contributed by atoms with E-state index in [-0.39, 0.29) is 19.4 Å². The molecule has 1 unspecified atom stereocenters. The number of aliphatic carboxylic acids is 1. The molecule has 9 heteroatoms. The van der Waals surface area contributed by atoms with E-state index in [4.69, 9.17) is 5.11 Å². The maximum absolute atomic E-state index is 14.7. The number of hydrogen-bond acceptors (Lipinski definition) is 5. The van der Waals surface area contributed by atoms with Crippen molar-refractivity contribution in [2.24, 2.45) is 11.3 Å². The normalized spacial score (nSPS) is 18.3. The molecule has 4 rings (SSSR count). The van der Waals surface area contributed by atoms with Crippen molar-refractivity contribution < 1.29 is 34.1 Å². The van der Waals surface area contributed by atoms with Crippen LogP contribution in [0.1, 0.15) is 44.2 Å². The largest absolute Gasteiger partial charge is 0.481 e. The van der Waals surface area contributed by atoms with Gasteiger partial charge in [0.05, 0.1) is 24.3 Å². The first-order valence-electron chi connectivity index (χ1n) is 13.9. The number of carbonyl (C=O) groups excluding carboxylic acids is 2. The van der Waals surface area contributed by atoms with Crippen LogP contribution in [0.4, 0.5) is 10.1 Å². The van der Waals surface area contributed by atoms with E-state index >= 15 is 0 Å². The first kappa shape index (κ1) is 30.6. The molecule has 220 valence electrons. The Balaban J connectivity index is 1.87. The molecule has 0 radical (unpaired) electrons. The zero-order chi connectivity index (χ0) is 30.4. The van der Waals surface area contributed by atoms with Crippen molar-refractivity contribution in [3.8, 4) is 0 Å². The number of aliphatic hydroxyl groups is 2. The van der Waals surface area contributed by atoms with Gasteiger partial charge in [-0.1, -0.05) is 62.4 Å². The van der Waals surface area contributed by atoms with Crippen molar-refractivity contribution in [3.05, 3.63) is 102 Å². The number of carboxylic acids is 1. The van der Waals surface area contributed by atoms with Crippen LogP contribution >= 0.6 is 0 Å². The first-order chi connectivity index (χ1) is 20.0. The third-order valence-electron chi connectivity index (χ3n) is 7.56. The minimum atomic E-state index is -1.69. The molecule has 1 heterocycles. The molecule has 3 aromatic rings. The number of amides is 2. The van der Waals surface area contributed by atoms with Crippen LogP contribution in [0.3, 0.4) is 0 Å². The highest BCUT2D eigenvalue weighted by atomic mass is 19.1. The first-order valence-corrected chi connectivity index (χ1v) is 13.9. The van der Waals surface area contributed by atoms with Crippen molar-refractivity contribution in [1.82, 2.24) is 4.90 Å². The molecule has 1 aliphatic rings. The third kappa shape index (κ3) is 6.27. The highest BCUT2D eigenvalue weighted by molar-refractivity contribution is 6.28. The average Bonchev–Trinajstić information content (AvgIpc) is 3.22. The van der Waals surface area contributed by atoms with E-state index in [1.165, 1.54) is 17.0 Å². The summed E-state index contributed by atoms with van der Waals surface area (Å²) in [4.78, 5) is 41.4. The Labute approximate surface area is 244 Å². The smallest absolute Gasteiger partial charge is 0.305 e. The summed E-state index contributed by atoms with van der Waals surface area (Å²) in [7, 11) is 0. The van der Waals surface area contributed by atoms with Crippen LogP contribution in [0, 0.1) is 17.2 Å². The average molecular weight is 575 g/mol. The zero-order valence-corrected chi connectivity index (χ0v) is 23.5. The predicted octanol–water partition coefficient (Wildman–Crippen LogP) is 4.79. The highest BCUT2D eigenvalue weighted by Gasteiger charge is 2.60. The summed E-state index contributed by atoms with van der Waals surface area (Å²) in [6.45, 7) is 3.57. The summed E-state index contributed by atoms with van der Waals surface area (Å²) in [5.74, 6) is -3.19. The molecule has 0 bridgehead atoms. The van der Waals surface area contributed by atoms with Crippen LogP contribution in [0.15, 0.2) is 84.9 Å². The molecule has 0 saturated heterocycles. The van der Waals surface area contributed by atoms with Crippen LogP contribution in [0.5, 0.6) is 0 Å². The molecule has 0 spiro atoms. The lowest BCUT2D eigenvalue weighted by molar-refractivity contribution is -0.143. The number of nitrogens with zero attached hydrogens (tertiary/aromatic N) is 1. The number of carbonyl (C=O) groups is 3. The number of nitrogens with one attached hydrogen (secondary N) is 1. The Morgan fingerprint density at radius 3 is 2.05 bits per heavy atom. The minimum absolute atomic E-state index is 0.00363. The van der Waals surface area contributed by atoms with Gasteiger partial charge in [0.1, 0.15) is 5.82 Å². The number of hydrogen-bond donors (Lipinski definition) is 4. The topological polar surface area (TPSA) is 127 Å². The number of carboxylic acid groups (broad SMARTS) is 1. The van der Waals surface area contributed by atoms with Gasteiger partial charge >= 0.3 is 5.97 Å². The van der Waals surface area contributed by atoms with Gasteiger partial charge in [-0.2, -0.15) is 0 Å². The number of aliphatic hydroxyl groups excluding tert-OH is 2. The molecule has 0 saturated carbocycles. The van der Waals surface area contributed by atoms with Crippen LogP contribution in [-0.4, -0.2) is 56.8 Å². The quantitative estimate of drug-likeness (QED) is 0.230. The highest BCUT2D eigenvalue weighted by Crippen LogP contribution is 2.54. The molecule has 0 fully saturated rings. The molecule has 8 nitrogen and oxygen atoms in total. The summed E-state index contributed by atoms with van der Waals surface area (Å²) < 4.78 is 14.0. The monoisotopic (exact) mass is 574 g/mol. The summed E-state index contributed by atoms with van der Waals surface area (Å²) in [6.07, 6.45) is -3.09. The molecular weight excluding hydrogens is 539 g/mol. The molecule has 42 heavy (non-hydrogen) atoms. The zero-order valence-electron chi connectivity index (χ0n) is 23.5. The van der Waals surface area contributed by atoms with Gasteiger partial charge in [-0.15, -0.1) is 0 Å². The number of para-hydroxylation sites is 1. The predicted molar refractivity (Wildman–Crippen MR) is 157 cm³/mol. The number of rotatable bonds is 12. The SMILES string of the molecule is CC(C)C1(C(=O)Nc2ccccc2)C(=O)N(CC[C@@H](O)C[C@@H](O)CC(=O)O)C(c2ccc(F)cc2)=C1c1ccccc1. The van der Waals surface area contributed by atoms with Crippen LogP contribution in [0.25, 0.3) is 11.3 Å². The summed E-state index contributed by atoms with van der Waals surface area (Å²) in [5, 5.41) is 32.6. The van der Waals surface area contributed by atoms with Crippen molar-refractivity contribution in [3.63, 3.8) is 0 Å². The fraction of sp³-hybridized carbons (Fsp3) is 0.303. The van der Waals surface area contributed by atoms with Gasteiger partial charge < -0.3 is 25.5 Å². The molecule has 3 aromatic carbocycles. The Bertz CT molecular complexity index is 1440. The van der Waals surface area contributed by atoms with Crippen molar-refractivity contribution in [1.29, 1.82) is 0 Å². The van der Waals surface area contributed by atoms with Gasteiger partial charge in [0, 0.05) is 17.8 Å². The minimum Gasteiger partial charge on any atom is -0.481 e. The van der Waals surface area contributed by atoms with E-state index in [1.807, 2.05) is 36.4 Å². The molecule has 4 N–H and O–H groups in total. The van der Waals surface area contributed by atoms with Crippen molar-refractivity contribution in [2.45, 2.75) is 45.3 Å². The van der Waals surface area contributed by atoms with E-state index in [2.05, 4.69) is 5.32 Å². The fourth-order valence-electron chi connectivity index (χ4n) is 5.59. The fourth-order valence-corrected chi connectivity index (χ4v) is 5.59. The summed E-state index contributed by atoms with van der Waals surface area (Å²) in [6, 6.07) is 23.6. The Morgan fingerprint density at radius 1 is 0.881 bits per heavy atom. The second-order valence-electron chi connectivity index (χ2n) is 10.8. The number of benzene rings is 3. The van der Waals surface area contributed by atoms with Crippen LogP contribution in [-0.2, 0) is 14.4 Å². The van der Waals surface area contributed by atoms with Gasteiger partial charge in [-0.05, 0) is 66.3 Å². The second kappa shape index (κ2) is 13.1. The summed E-state index contributed by atoms with van der Waals surface area (Å²) >= 11 is 0. The van der Waals surface area contributed by atoms with Crippen molar-refractivity contribution >= 4 is 34.7 Å². The van der Waals surface area contributed by atoms with E-state index in [9.17, 15) is 29.0 Å².